The van der Waals surface area contributed by atoms with E-state index in [2.05, 4.69) is 6.58 Å². The SMILES string of the molecule is C=C1C=C(B(O)O)C=CN1Cc1cccc(Cl)c1F. The van der Waals surface area contributed by atoms with Crippen molar-refractivity contribution in [1.82, 2.24) is 4.90 Å². The van der Waals surface area contributed by atoms with Crippen molar-refractivity contribution < 1.29 is 14.4 Å². The van der Waals surface area contributed by atoms with Crippen LogP contribution in [0.15, 0.2) is 54.3 Å². The van der Waals surface area contributed by atoms with E-state index in [0.717, 1.165) is 0 Å². The second-order valence-corrected chi connectivity index (χ2v) is 4.57. The number of halogens is 2. The average molecular weight is 280 g/mol. The molecule has 0 unspecified atom stereocenters. The Balaban J connectivity index is 2.16. The number of allylic oxidation sites excluding steroid dienone is 3. The standard InChI is InChI=1S/C13H12BClFNO2/c1-9-7-11(14(18)19)5-6-17(9)8-10-3-2-4-12(15)13(10)16/h2-7,18-19H,1,8H2. The molecule has 1 aliphatic rings. The Bertz CT molecular complexity index is 572. The molecule has 1 aromatic rings. The topological polar surface area (TPSA) is 43.7 Å². The molecule has 1 aromatic carbocycles. The minimum absolute atomic E-state index is 0.0751. The van der Waals surface area contributed by atoms with Gasteiger partial charge in [-0.15, -0.1) is 0 Å². The van der Waals surface area contributed by atoms with Crippen LogP contribution in [0.4, 0.5) is 4.39 Å². The number of hydrogen-bond acceptors (Lipinski definition) is 3. The van der Waals surface area contributed by atoms with Gasteiger partial charge in [-0.05, 0) is 23.7 Å². The molecule has 0 amide bonds. The molecule has 0 aromatic heterocycles. The highest BCUT2D eigenvalue weighted by molar-refractivity contribution is 6.51. The van der Waals surface area contributed by atoms with Gasteiger partial charge in [-0.2, -0.15) is 0 Å². The molecule has 0 spiro atoms. The molecule has 0 radical (unpaired) electrons. The van der Waals surface area contributed by atoms with E-state index in [1.165, 1.54) is 12.1 Å². The van der Waals surface area contributed by atoms with E-state index >= 15 is 0 Å². The number of benzene rings is 1. The third-order valence-corrected chi connectivity index (χ3v) is 3.11. The lowest BCUT2D eigenvalue weighted by molar-refractivity contribution is 0.416. The monoisotopic (exact) mass is 279 g/mol. The van der Waals surface area contributed by atoms with Gasteiger partial charge in [-0.3, -0.25) is 0 Å². The van der Waals surface area contributed by atoms with Crippen LogP contribution in [0.25, 0.3) is 0 Å². The summed E-state index contributed by atoms with van der Waals surface area (Å²) in [6.07, 6.45) is 4.70. The summed E-state index contributed by atoms with van der Waals surface area (Å²) in [5, 5.41) is 18.2. The molecule has 0 bridgehead atoms. The molecule has 0 aliphatic carbocycles. The van der Waals surface area contributed by atoms with E-state index in [1.54, 1.807) is 29.3 Å². The molecule has 0 saturated heterocycles. The first-order valence-electron chi connectivity index (χ1n) is 5.63. The van der Waals surface area contributed by atoms with Crippen molar-refractivity contribution >= 4 is 18.7 Å². The van der Waals surface area contributed by atoms with Crippen LogP contribution in [0.1, 0.15) is 5.56 Å². The highest BCUT2D eigenvalue weighted by Gasteiger charge is 2.18. The van der Waals surface area contributed by atoms with E-state index in [-0.39, 0.29) is 11.6 Å². The summed E-state index contributed by atoms with van der Waals surface area (Å²) in [7, 11) is -1.54. The van der Waals surface area contributed by atoms with Crippen molar-refractivity contribution in [1.29, 1.82) is 0 Å². The van der Waals surface area contributed by atoms with Gasteiger partial charge in [0.15, 0.2) is 0 Å². The molecule has 3 nitrogen and oxygen atoms in total. The van der Waals surface area contributed by atoms with Crippen LogP contribution >= 0.6 is 11.6 Å². The zero-order valence-corrected chi connectivity index (χ0v) is 10.8. The molecular formula is C13H12BClFNO2. The van der Waals surface area contributed by atoms with Crippen molar-refractivity contribution in [2.24, 2.45) is 0 Å². The van der Waals surface area contributed by atoms with Crippen LogP contribution in [0.2, 0.25) is 5.02 Å². The van der Waals surface area contributed by atoms with Crippen molar-refractivity contribution in [2.75, 3.05) is 0 Å². The predicted octanol–water partition coefficient (Wildman–Crippen LogP) is 2.26. The lowest BCUT2D eigenvalue weighted by Gasteiger charge is -2.25. The summed E-state index contributed by atoms with van der Waals surface area (Å²) in [6.45, 7) is 4.07. The summed E-state index contributed by atoms with van der Waals surface area (Å²) in [5.41, 5.74) is 1.33. The third kappa shape index (κ3) is 3.07. The normalized spacial score (nSPS) is 14.6. The summed E-state index contributed by atoms with van der Waals surface area (Å²) >= 11 is 5.72. The number of rotatable bonds is 3. The Kier molecular flexibility index (Phi) is 4.09. The first-order valence-corrected chi connectivity index (χ1v) is 6.01. The van der Waals surface area contributed by atoms with Crippen LogP contribution in [0.3, 0.4) is 0 Å². The van der Waals surface area contributed by atoms with Gasteiger partial charge in [-0.25, -0.2) is 4.39 Å². The summed E-state index contributed by atoms with van der Waals surface area (Å²) in [6, 6.07) is 4.81. The van der Waals surface area contributed by atoms with E-state index in [0.29, 0.717) is 16.7 Å². The quantitative estimate of drug-likeness (QED) is 0.834. The molecule has 1 heterocycles. The fraction of sp³-hybridized carbons (Fsp3) is 0.0769. The van der Waals surface area contributed by atoms with E-state index in [1.807, 2.05) is 0 Å². The third-order valence-electron chi connectivity index (χ3n) is 2.82. The Morgan fingerprint density at radius 1 is 1.37 bits per heavy atom. The van der Waals surface area contributed by atoms with Crippen LogP contribution < -0.4 is 0 Å². The maximum atomic E-state index is 13.8. The lowest BCUT2D eigenvalue weighted by Crippen LogP contribution is -2.22. The van der Waals surface area contributed by atoms with E-state index in [4.69, 9.17) is 21.6 Å². The molecule has 0 atom stereocenters. The Labute approximate surface area is 116 Å². The van der Waals surface area contributed by atoms with Crippen LogP contribution in [-0.4, -0.2) is 22.1 Å². The van der Waals surface area contributed by atoms with Crippen LogP contribution in [-0.2, 0) is 6.54 Å². The first-order chi connectivity index (χ1) is 8.99. The van der Waals surface area contributed by atoms with Gasteiger partial charge in [0.2, 0.25) is 0 Å². The molecule has 98 valence electrons. The highest BCUT2D eigenvalue weighted by atomic mass is 35.5. The van der Waals surface area contributed by atoms with Crippen molar-refractivity contribution in [3.05, 3.63) is 70.7 Å². The smallest absolute Gasteiger partial charge is 0.423 e. The second-order valence-electron chi connectivity index (χ2n) is 4.17. The molecule has 2 N–H and O–H groups in total. The summed E-state index contributed by atoms with van der Waals surface area (Å²) in [5.74, 6) is -0.456. The largest absolute Gasteiger partial charge is 0.488 e. The van der Waals surface area contributed by atoms with Crippen molar-refractivity contribution in [2.45, 2.75) is 6.54 Å². The Hall–Kier alpha value is -1.56. The molecule has 1 aliphatic heterocycles. The van der Waals surface area contributed by atoms with Gasteiger partial charge in [-0.1, -0.05) is 30.3 Å². The van der Waals surface area contributed by atoms with Gasteiger partial charge < -0.3 is 14.9 Å². The lowest BCUT2D eigenvalue weighted by atomic mass is 9.78. The second kappa shape index (κ2) is 5.61. The molecule has 0 saturated carbocycles. The van der Waals surface area contributed by atoms with Gasteiger partial charge in [0.1, 0.15) is 5.82 Å². The maximum absolute atomic E-state index is 13.8. The molecule has 0 fully saturated rings. The highest BCUT2D eigenvalue weighted by Crippen LogP contribution is 2.23. The van der Waals surface area contributed by atoms with Gasteiger partial charge in [0, 0.05) is 17.5 Å². The minimum Gasteiger partial charge on any atom is -0.423 e. The van der Waals surface area contributed by atoms with Crippen molar-refractivity contribution in [3.8, 4) is 0 Å². The van der Waals surface area contributed by atoms with E-state index in [9.17, 15) is 4.39 Å². The molecule has 2 rings (SSSR count). The molecular weight excluding hydrogens is 267 g/mol. The van der Waals surface area contributed by atoms with Crippen molar-refractivity contribution in [3.63, 3.8) is 0 Å². The zero-order chi connectivity index (χ0) is 14.0. The predicted molar refractivity (Wildman–Crippen MR) is 73.5 cm³/mol. The first kappa shape index (κ1) is 13.9. The fourth-order valence-corrected chi connectivity index (χ4v) is 1.96. The van der Waals surface area contributed by atoms with E-state index < -0.39 is 12.9 Å². The maximum Gasteiger partial charge on any atom is 0.488 e. The van der Waals surface area contributed by atoms with Gasteiger partial charge in [0.05, 0.1) is 11.6 Å². The van der Waals surface area contributed by atoms with Gasteiger partial charge in [0.25, 0.3) is 0 Å². The molecule has 19 heavy (non-hydrogen) atoms. The Morgan fingerprint density at radius 2 is 2.11 bits per heavy atom. The summed E-state index contributed by atoms with van der Waals surface area (Å²) < 4.78 is 13.8. The van der Waals surface area contributed by atoms with Crippen LogP contribution in [0.5, 0.6) is 0 Å². The summed E-state index contributed by atoms with van der Waals surface area (Å²) in [4.78, 5) is 1.70. The van der Waals surface area contributed by atoms with Gasteiger partial charge >= 0.3 is 7.12 Å². The number of nitrogens with zero attached hydrogens (tertiary/aromatic N) is 1. The number of hydrogen-bond donors (Lipinski definition) is 2. The average Bonchev–Trinajstić information content (AvgIpc) is 2.37. The van der Waals surface area contributed by atoms with Crippen LogP contribution in [0, 0.1) is 5.82 Å². The fourth-order valence-electron chi connectivity index (χ4n) is 1.76. The molecule has 6 heteroatoms. The Morgan fingerprint density at radius 3 is 2.74 bits per heavy atom. The zero-order valence-electron chi connectivity index (χ0n) is 10.1. The minimum atomic E-state index is -1.54.